The fourth-order valence-corrected chi connectivity index (χ4v) is 3.04. The monoisotopic (exact) mass is 369 g/mol. The summed E-state index contributed by atoms with van der Waals surface area (Å²) in [5.74, 6) is 0.0339. The first-order chi connectivity index (χ1) is 13.0. The summed E-state index contributed by atoms with van der Waals surface area (Å²) in [5, 5.41) is 3.93. The largest absolute Gasteiger partial charge is 0.491 e. The summed E-state index contributed by atoms with van der Waals surface area (Å²) >= 11 is 0. The van der Waals surface area contributed by atoms with E-state index in [2.05, 4.69) is 9.88 Å². The maximum atomic E-state index is 12.6. The number of carbonyl (C=O) groups excluding carboxylic acids is 1. The molecule has 0 fully saturated rings. The number of pyridine rings is 1. The predicted molar refractivity (Wildman–Crippen MR) is 104 cm³/mol. The smallest absolute Gasteiger partial charge is 0.244 e. The summed E-state index contributed by atoms with van der Waals surface area (Å²) in [5.41, 5.74) is 2.28. The van der Waals surface area contributed by atoms with Gasteiger partial charge in [0.2, 0.25) is 11.3 Å². The molecule has 0 bridgehead atoms. The second-order valence-electron chi connectivity index (χ2n) is 6.26. The minimum atomic E-state index is -0.200. The molecule has 2 heterocycles. The average molecular weight is 369 g/mol. The number of nitrogens with one attached hydrogen (secondary N) is 1. The standard InChI is InChI=1S/C20H23N3O4/c1-14-11-18(24)19(27-3)12-23(14)13-20(25)21-16-5-4-6-17-15(16)7-8-22(17)9-10-26-2/h4-8,11-12H,9-10,13H2,1-3H3,(H,21,25). The maximum absolute atomic E-state index is 12.6. The molecule has 1 N–H and O–H groups in total. The van der Waals surface area contributed by atoms with Crippen LogP contribution in [0.25, 0.3) is 10.9 Å². The van der Waals surface area contributed by atoms with Crippen LogP contribution in [-0.4, -0.2) is 35.9 Å². The summed E-state index contributed by atoms with van der Waals surface area (Å²) in [4.78, 5) is 24.3. The van der Waals surface area contributed by atoms with Crippen LogP contribution in [0.3, 0.4) is 0 Å². The van der Waals surface area contributed by atoms with Gasteiger partial charge < -0.3 is 23.9 Å². The molecule has 0 atom stereocenters. The van der Waals surface area contributed by atoms with E-state index in [0.717, 1.165) is 23.1 Å². The Morgan fingerprint density at radius 3 is 2.74 bits per heavy atom. The van der Waals surface area contributed by atoms with Crippen LogP contribution in [-0.2, 0) is 22.6 Å². The van der Waals surface area contributed by atoms with Gasteiger partial charge in [0.15, 0.2) is 5.75 Å². The molecule has 0 aliphatic heterocycles. The van der Waals surface area contributed by atoms with Gasteiger partial charge in [0.1, 0.15) is 6.54 Å². The van der Waals surface area contributed by atoms with Crippen molar-refractivity contribution in [1.29, 1.82) is 0 Å². The number of methoxy groups -OCH3 is 2. The van der Waals surface area contributed by atoms with Crippen molar-refractivity contribution in [2.45, 2.75) is 20.0 Å². The summed E-state index contributed by atoms with van der Waals surface area (Å²) in [6, 6.07) is 9.24. The van der Waals surface area contributed by atoms with Gasteiger partial charge in [0.05, 0.1) is 31.1 Å². The van der Waals surface area contributed by atoms with Crippen LogP contribution in [0.2, 0.25) is 0 Å². The number of nitrogens with zero attached hydrogens (tertiary/aromatic N) is 2. The molecule has 0 unspecified atom stereocenters. The van der Waals surface area contributed by atoms with Crippen molar-refractivity contribution < 1.29 is 14.3 Å². The van der Waals surface area contributed by atoms with Crippen molar-refractivity contribution in [3.8, 4) is 5.75 Å². The van der Waals surface area contributed by atoms with Crippen LogP contribution in [0.15, 0.2) is 47.5 Å². The zero-order valence-corrected chi connectivity index (χ0v) is 15.7. The van der Waals surface area contributed by atoms with E-state index < -0.39 is 0 Å². The fraction of sp³-hybridized carbons (Fsp3) is 0.300. The quantitative estimate of drug-likeness (QED) is 0.694. The zero-order valence-electron chi connectivity index (χ0n) is 15.7. The van der Waals surface area contributed by atoms with Crippen molar-refractivity contribution in [2.24, 2.45) is 0 Å². The van der Waals surface area contributed by atoms with E-state index >= 15 is 0 Å². The summed E-state index contributed by atoms with van der Waals surface area (Å²) in [6.07, 6.45) is 3.54. The molecule has 1 aromatic carbocycles. The van der Waals surface area contributed by atoms with Gasteiger partial charge in [-0.1, -0.05) is 6.07 Å². The molecule has 0 aliphatic carbocycles. The lowest BCUT2D eigenvalue weighted by Crippen LogP contribution is -2.22. The molecule has 7 nitrogen and oxygen atoms in total. The second-order valence-corrected chi connectivity index (χ2v) is 6.26. The number of aromatic nitrogens is 2. The van der Waals surface area contributed by atoms with Crippen LogP contribution in [0, 0.1) is 6.92 Å². The molecule has 7 heteroatoms. The number of amides is 1. The SMILES string of the molecule is COCCn1ccc2c(NC(=O)Cn3cc(OC)c(=O)cc3C)cccc21. The molecule has 0 aliphatic rings. The van der Waals surface area contributed by atoms with Crippen LogP contribution < -0.4 is 15.5 Å². The average Bonchev–Trinajstić information content (AvgIpc) is 3.06. The Kier molecular flexibility index (Phi) is 5.61. The number of aryl methyl sites for hydroxylation is 1. The number of carbonyl (C=O) groups is 1. The van der Waals surface area contributed by atoms with Crippen molar-refractivity contribution in [3.05, 3.63) is 58.6 Å². The molecular formula is C20H23N3O4. The molecule has 3 rings (SSSR count). The first-order valence-corrected chi connectivity index (χ1v) is 8.65. The number of anilines is 1. The highest BCUT2D eigenvalue weighted by Crippen LogP contribution is 2.24. The Morgan fingerprint density at radius 1 is 1.19 bits per heavy atom. The lowest BCUT2D eigenvalue weighted by molar-refractivity contribution is -0.116. The maximum Gasteiger partial charge on any atom is 0.244 e. The van der Waals surface area contributed by atoms with Crippen LogP contribution in [0.5, 0.6) is 5.75 Å². The molecule has 0 saturated heterocycles. The van der Waals surface area contributed by atoms with Crippen LogP contribution in [0.4, 0.5) is 5.69 Å². The normalized spacial score (nSPS) is 10.9. The molecule has 1 amide bonds. The van der Waals surface area contributed by atoms with Crippen molar-refractivity contribution in [2.75, 3.05) is 26.1 Å². The van der Waals surface area contributed by atoms with Gasteiger partial charge >= 0.3 is 0 Å². The first kappa shape index (κ1) is 18.7. The predicted octanol–water partition coefficient (Wildman–Crippen LogP) is 2.41. The van der Waals surface area contributed by atoms with E-state index in [4.69, 9.17) is 9.47 Å². The van der Waals surface area contributed by atoms with E-state index in [9.17, 15) is 9.59 Å². The number of rotatable bonds is 7. The highest BCUT2D eigenvalue weighted by Gasteiger charge is 2.11. The third-order valence-electron chi connectivity index (χ3n) is 4.47. The Hall–Kier alpha value is -3.06. The minimum absolute atomic E-state index is 0.0866. The lowest BCUT2D eigenvalue weighted by atomic mass is 10.2. The molecule has 27 heavy (non-hydrogen) atoms. The van der Waals surface area contributed by atoms with Gasteiger partial charge in [-0.2, -0.15) is 0 Å². The molecule has 2 aromatic heterocycles. The fourth-order valence-electron chi connectivity index (χ4n) is 3.04. The van der Waals surface area contributed by atoms with Gasteiger partial charge in [-0.3, -0.25) is 9.59 Å². The number of hydrogen-bond acceptors (Lipinski definition) is 4. The molecular weight excluding hydrogens is 346 g/mol. The highest BCUT2D eigenvalue weighted by atomic mass is 16.5. The Morgan fingerprint density at radius 2 is 2.00 bits per heavy atom. The van der Waals surface area contributed by atoms with Crippen molar-refractivity contribution >= 4 is 22.5 Å². The topological polar surface area (TPSA) is 74.5 Å². The summed E-state index contributed by atoms with van der Waals surface area (Å²) in [7, 11) is 3.11. The molecule has 3 aromatic rings. The first-order valence-electron chi connectivity index (χ1n) is 8.65. The third kappa shape index (κ3) is 4.03. The Balaban J connectivity index is 1.80. The molecule has 0 radical (unpaired) electrons. The molecule has 0 saturated carbocycles. The number of ether oxygens (including phenoxy) is 2. The number of hydrogen-bond donors (Lipinski definition) is 1. The van der Waals surface area contributed by atoms with Gasteiger partial charge in [-0.15, -0.1) is 0 Å². The summed E-state index contributed by atoms with van der Waals surface area (Å²) in [6.45, 7) is 3.23. The van der Waals surface area contributed by atoms with Crippen LogP contribution >= 0.6 is 0 Å². The van der Waals surface area contributed by atoms with Crippen molar-refractivity contribution in [1.82, 2.24) is 9.13 Å². The van der Waals surface area contributed by atoms with E-state index in [1.54, 1.807) is 24.8 Å². The lowest BCUT2D eigenvalue weighted by Gasteiger charge is -2.13. The van der Waals surface area contributed by atoms with Crippen molar-refractivity contribution in [3.63, 3.8) is 0 Å². The second kappa shape index (κ2) is 8.09. The van der Waals surface area contributed by atoms with E-state index in [-0.39, 0.29) is 23.6 Å². The Bertz CT molecular complexity index is 1020. The van der Waals surface area contributed by atoms with E-state index in [1.165, 1.54) is 13.2 Å². The number of benzene rings is 1. The number of fused-ring (bicyclic) bond motifs is 1. The van der Waals surface area contributed by atoms with Gasteiger partial charge in [-0.05, 0) is 25.1 Å². The summed E-state index contributed by atoms with van der Waals surface area (Å²) < 4.78 is 14.0. The van der Waals surface area contributed by atoms with Gasteiger partial charge in [0, 0.05) is 37.0 Å². The van der Waals surface area contributed by atoms with Crippen LogP contribution in [0.1, 0.15) is 5.69 Å². The zero-order chi connectivity index (χ0) is 19.4. The van der Waals surface area contributed by atoms with E-state index in [0.29, 0.717) is 12.3 Å². The van der Waals surface area contributed by atoms with E-state index in [1.807, 2.05) is 30.5 Å². The Labute approximate surface area is 157 Å². The third-order valence-corrected chi connectivity index (χ3v) is 4.47. The highest BCUT2D eigenvalue weighted by molar-refractivity contribution is 6.01. The molecule has 0 spiro atoms. The minimum Gasteiger partial charge on any atom is -0.491 e. The van der Waals surface area contributed by atoms with Gasteiger partial charge in [-0.25, -0.2) is 0 Å². The molecule has 142 valence electrons. The van der Waals surface area contributed by atoms with Gasteiger partial charge in [0.25, 0.3) is 0 Å².